The molecule has 0 aliphatic heterocycles. The van der Waals surface area contributed by atoms with E-state index in [4.69, 9.17) is 20.8 Å². The summed E-state index contributed by atoms with van der Waals surface area (Å²) < 4.78 is 11.2. The number of benzene rings is 3. The van der Waals surface area contributed by atoms with Gasteiger partial charge in [0.15, 0.2) is 5.89 Å². The molecule has 4 aromatic rings. The molecule has 1 atom stereocenters. The van der Waals surface area contributed by atoms with Crippen molar-refractivity contribution < 1.29 is 18.7 Å². The van der Waals surface area contributed by atoms with E-state index in [2.05, 4.69) is 34.6 Å². The number of anilines is 1. The van der Waals surface area contributed by atoms with E-state index in [0.29, 0.717) is 22.2 Å². The van der Waals surface area contributed by atoms with Crippen LogP contribution in [0.3, 0.4) is 0 Å². The average molecular weight is 515 g/mol. The largest absolute Gasteiger partial charge is 0.441 e. The van der Waals surface area contributed by atoms with Crippen LogP contribution in [0.4, 0.5) is 10.7 Å². The molecule has 6 nitrogen and oxygen atoms in total. The van der Waals surface area contributed by atoms with Crippen LogP contribution >= 0.6 is 11.6 Å². The molecule has 1 fully saturated rings. The third kappa shape index (κ3) is 5.02. The molecule has 1 saturated carbocycles. The lowest BCUT2D eigenvalue weighted by Crippen LogP contribution is -2.16. The first kappa shape index (κ1) is 24.8. The topological polar surface area (TPSA) is 81.4 Å². The van der Waals surface area contributed by atoms with Crippen LogP contribution in [0, 0.1) is 6.92 Å². The van der Waals surface area contributed by atoms with Gasteiger partial charge in [-0.25, -0.2) is 9.78 Å². The van der Waals surface area contributed by atoms with Crippen molar-refractivity contribution in [1.29, 1.82) is 0 Å². The second-order valence-corrected chi connectivity index (χ2v) is 9.80. The number of carbonyl (C=O) groups is 2. The number of halogens is 1. The first-order chi connectivity index (χ1) is 17.8. The fourth-order valence-corrected chi connectivity index (χ4v) is 4.92. The summed E-state index contributed by atoms with van der Waals surface area (Å²) in [5.41, 5.74) is 4.92. The normalized spacial score (nSPS) is 14.6. The Kier molecular flexibility index (Phi) is 6.61. The van der Waals surface area contributed by atoms with Gasteiger partial charge in [-0.1, -0.05) is 78.3 Å². The molecule has 7 heteroatoms. The number of hydrogen-bond donors (Lipinski definition) is 1. The number of ketones is 1. The van der Waals surface area contributed by atoms with Crippen molar-refractivity contribution >= 4 is 29.4 Å². The van der Waals surface area contributed by atoms with Crippen molar-refractivity contribution in [3.63, 3.8) is 0 Å². The maximum Gasteiger partial charge on any atom is 0.414 e. The van der Waals surface area contributed by atoms with E-state index in [0.717, 1.165) is 35.1 Å². The lowest BCUT2D eigenvalue weighted by molar-refractivity contribution is -0.119. The minimum Gasteiger partial charge on any atom is -0.441 e. The number of nitrogens with one attached hydrogen (secondary N) is 1. The smallest absolute Gasteiger partial charge is 0.414 e. The van der Waals surface area contributed by atoms with Gasteiger partial charge in [-0.05, 0) is 49.4 Å². The Balaban J connectivity index is 1.30. The molecule has 188 valence electrons. The Bertz CT molecular complexity index is 1450. The fraction of sp³-hybridized carbons (Fsp3) is 0.233. The summed E-state index contributed by atoms with van der Waals surface area (Å²) in [5, 5.41) is 3.20. The second kappa shape index (κ2) is 9.87. The maximum absolute atomic E-state index is 12.6. The zero-order valence-corrected chi connectivity index (χ0v) is 21.6. The van der Waals surface area contributed by atoms with Gasteiger partial charge in [-0.15, -0.1) is 0 Å². The molecule has 3 aromatic carbocycles. The Labute approximate surface area is 220 Å². The average Bonchev–Trinajstić information content (AvgIpc) is 3.62. The van der Waals surface area contributed by atoms with Gasteiger partial charge >= 0.3 is 6.09 Å². The minimum absolute atomic E-state index is 0.213. The molecular weight excluding hydrogens is 488 g/mol. The molecule has 0 radical (unpaired) electrons. The number of Topliss-reactive ketones (excluding diaryl/α,β-unsaturated/α-hetero) is 1. The number of rotatable bonds is 7. The molecule has 37 heavy (non-hydrogen) atoms. The van der Waals surface area contributed by atoms with Crippen molar-refractivity contribution in [1.82, 2.24) is 4.98 Å². The van der Waals surface area contributed by atoms with Crippen molar-refractivity contribution in [3.8, 4) is 22.4 Å². The molecule has 0 unspecified atom stereocenters. The van der Waals surface area contributed by atoms with Crippen LogP contribution in [0.1, 0.15) is 49.8 Å². The predicted octanol–water partition coefficient (Wildman–Crippen LogP) is 7.90. The number of hydrogen-bond acceptors (Lipinski definition) is 5. The Morgan fingerprint density at radius 3 is 2.16 bits per heavy atom. The van der Waals surface area contributed by atoms with E-state index in [1.54, 1.807) is 26.8 Å². The number of amides is 1. The number of aryl methyl sites for hydroxylation is 1. The predicted molar refractivity (Wildman–Crippen MR) is 144 cm³/mol. The van der Waals surface area contributed by atoms with E-state index in [-0.39, 0.29) is 17.1 Å². The monoisotopic (exact) mass is 514 g/mol. The van der Waals surface area contributed by atoms with E-state index in [1.165, 1.54) is 0 Å². The molecule has 1 aliphatic rings. The van der Waals surface area contributed by atoms with E-state index >= 15 is 0 Å². The lowest BCUT2D eigenvalue weighted by Gasteiger charge is -2.15. The number of carbonyl (C=O) groups excluding carboxylic acids is 2. The number of ether oxygens (including phenoxy) is 1. The van der Waals surface area contributed by atoms with Crippen LogP contribution in [0.2, 0.25) is 5.02 Å². The molecule has 1 aromatic heterocycles. The van der Waals surface area contributed by atoms with Gasteiger partial charge in [0, 0.05) is 23.1 Å². The van der Waals surface area contributed by atoms with Crippen molar-refractivity contribution in [2.24, 2.45) is 0 Å². The summed E-state index contributed by atoms with van der Waals surface area (Å²) in [6.07, 6.45) is 0.643. The highest BCUT2D eigenvalue weighted by molar-refractivity contribution is 6.31. The molecule has 0 spiro atoms. The molecule has 1 heterocycles. The van der Waals surface area contributed by atoms with Crippen LogP contribution < -0.4 is 5.32 Å². The van der Waals surface area contributed by atoms with Gasteiger partial charge in [0.05, 0.1) is 5.41 Å². The van der Waals surface area contributed by atoms with Crippen molar-refractivity contribution in [2.75, 3.05) is 5.32 Å². The van der Waals surface area contributed by atoms with Gasteiger partial charge in [0.2, 0.25) is 5.88 Å². The first-order valence-corrected chi connectivity index (χ1v) is 12.6. The Morgan fingerprint density at radius 1 is 0.973 bits per heavy atom. The van der Waals surface area contributed by atoms with Crippen molar-refractivity contribution in [3.05, 3.63) is 94.8 Å². The zero-order chi connectivity index (χ0) is 26.2. The third-order valence-corrected chi connectivity index (χ3v) is 7.27. The summed E-state index contributed by atoms with van der Waals surface area (Å²) >= 11 is 6.22. The summed E-state index contributed by atoms with van der Waals surface area (Å²) in [5.74, 6) is 0.868. The fourth-order valence-electron chi connectivity index (χ4n) is 4.63. The van der Waals surface area contributed by atoms with Gasteiger partial charge < -0.3 is 9.15 Å². The molecule has 1 amide bonds. The van der Waals surface area contributed by atoms with Crippen LogP contribution in [-0.2, 0) is 14.9 Å². The van der Waals surface area contributed by atoms with Crippen LogP contribution in [0.25, 0.3) is 22.4 Å². The SMILES string of the molecule is CC(=O)C1(c2ccc(-c3ccc(-c4nc(C)oc4NC(=O)O[C@H](C)c4ccccc4Cl)cc3)cc2)CC1. The van der Waals surface area contributed by atoms with Gasteiger partial charge in [-0.3, -0.25) is 10.1 Å². The lowest BCUT2D eigenvalue weighted by atomic mass is 9.90. The maximum atomic E-state index is 12.6. The minimum atomic E-state index is -0.666. The van der Waals surface area contributed by atoms with Gasteiger partial charge in [0.1, 0.15) is 17.6 Å². The summed E-state index contributed by atoms with van der Waals surface area (Å²) in [6, 6.07) is 23.3. The molecular formula is C30H27ClN2O4. The van der Waals surface area contributed by atoms with Crippen LogP contribution in [0.5, 0.6) is 0 Å². The summed E-state index contributed by atoms with van der Waals surface area (Å²) in [7, 11) is 0. The van der Waals surface area contributed by atoms with Crippen LogP contribution in [0.15, 0.2) is 77.2 Å². The molecule has 1 aliphatic carbocycles. The second-order valence-electron chi connectivity index (χ2n) is 9.40. The standard InChI is InChI=1S/C30H27ClN2O4/c1-18(25-6-4-5-7-26(25)31)36-29(35)33-28-27(32-20(3)37-28)23-10-8-21(9-11-23)22-12-14-24(15-13-22)30(16-17-30)19(2)34/h4-15,18H,16-17H2,1-3H3,(H,33,35)/t18-/m1/s1. The van der Waals surface area contributed by atoms with Crippen molar-refractivity contribution in [2.45, 2.75) is 45.1 Å². The highest BCUT2D eigenvalue weighted by Gasteiger charge is 2.48. The highest BCUT2D eigenvalue weighted by Crippen LogP contribution is 2.49. The molecule has 1 N–H and O–H groups in total. The number of oxazole rings is 1. The molecule has 0 bridgehead atoms. The summed E-state index contributed by atoms with van der Waals surface area (Å²) in [4.78, 5) is 29.1. The van der Waals surface area contributed by atoms with E-state index in [1.807, 2.05) is 42.5 Å². The van der Waals surface area contributed by atoms with Gasteiger partial charge in [0.25, 0.3) is 0 Å². The van der Waals surface area contributed by atoms with E-state index < -0.39 is 12.2 Å². The Morgan fingerprint density at radius 2 is 1.57 bits per heavy atom. The highest BCUT2D eigenvalue weighted by atomic mass is 35.5. The quantitative estimate of drug-likeness (QED) is 0.271. The number of nitrogens with zero attached hydrogens (tertiary/aromatic N) is 1. The third-order valence-electron chi connectivity index (χ3n) is 6.93. The van der Waals surface area contributed by atoms with E-state index in [9.17, 15) is 9.59 Å². The molecule has 0 saturated heterocycles. The van der Waals surface area contributed by atoms with Gasteiger partial charge in [-0.2, -0.15) is 0 Å². The zero-order valence-electron chi connectivity index (χ0n) is 20.9. The van der Waals surface area contributed by atoms with Crippen LogP contribution in [-0.4, -0.2) is 16.9 Å². The Hall–Kier alpha value is -3.90. The molecule has 5 rings (SSSR count). The summed E-state index contributed by atoms with van der Waals surface area (Å²) in [6.45, 7) is 5.15. The number of aromatic nitrogens is 1. The first-order valence-electron chi connectivity index (χ1n) is 12.2.